The van der Waals surface area contributed by atoms with Gasteiger partial charge in [0.15, 0.2) is 0 Å². The number of hydrogen-bond acceptors (Lipinski definition) is 1. The molecule has 0 heterocycles. The predicted molar refractivity (Wildman–Crippen MR) is 235 cm³/mol. The van der Waals surface area contributed by atoms with Gasteiger partial charge < -0.3 is 4.90 Å². The molecule has 10 aromatic rings. The minimum atomic E-state index is 1.09. The van der Waals surface area contributed by atoms with Crippen LogP contribution in [-0.2, 0) is 0 Å². The molecular weight excluding hydrogens is 663 g/mol. The van der Waals surface area contributed by atoms with Crippen LogP contribution in [0.2, 0.25) is 0 Å². The van der Waals surface area contributed by atoms with Crippen molar-refractivity contribution in [3.8, 4) is 44.5 Å². The smallest absolute Gasteiger partial charge is 0.0540 e. The second-order valence-corrected chi connectivity index (χ2v) is 14.1. The van der Waals surface area contributed by atoms with Crippen LogP contribution in [0.3, 0.4) is 0 Å². The standard InChI is InChI=1S/C54H37N/c1-3-16-41(17-4-1)52-36-43(32-34-50(52)48-29-13-23-38-20-7-10-26-45(38)48)55(54-31-15-25-40-22-9-12-28-47(40)54)44-33-35-51(53(37-44)42-18-5-2-6-19-42)49-30-14-24-39-21-8-11-27-46(39)49/h1-37H. The Morgan fingerprint density at radius 2 is 0.618 bits per heavy atom. The highest BCUT2D eigenvalue weighted by molar-refractivity contribution is 6.05. The third-order valence-electron chi connectivity index (χ3n) is 10.9. The fourth-order valence-electron chi connectivity index (χ4n) is 8.28. The molecule has 0 radical (unpaired) electrons. The lowest BCUT2D eigenvalue weighted by atomic mass is 9.90. The van der Waals surface area contributed by atoms with Crippen molar-refractivity contribution in [3.63, 3.8) is 0 Å². The molecule has 0 saturated carbocycles. The van der Waals surface area contributed by atoms with Gasteiger partial charge in [0, 0.05) is 16.8 Å². The molecule has 0 bridgehead atoms. The molecule has 0 atom stereocenters. The quantitative estimate of drug-likeness (QED) is 0.160. The van der Waals surface area contributed by atoms with Crippen molar-refractivity contribution >= 4 is 49.4 Å². The molecule has 55 heavy (non-hydrogen) atoms. The van der Waals surface area contributed by atoms with Crippen molar-refractivity contribution in [2.75, 3.05) is 4.90 Å². The predicted octanol–water partition coefficient (Wildman–Crippen LogP) is 15.3. The Morgan fingerprint density at radius 3 is 1.11 bits per heavy atom. The van der Waals surface area contributed by atoms with Crippen LogP contribution in [-0.4, -0.2) is 0 Å². The summed E-state index contributed by atoms with van der Waals surface area (Å²) in [5.74, 6) is 0. The number of anilines is 3. The van der Waals surface area contributed by atoms with Gasteiger partial charge in [0.2, 0.25) is 0 Å². The minimum absolute atomic E-state index is 1.09. The van der Waals surface area contributed by atoms with E-state index in [9.17, 15) is 0 Å². The van der Waals surface area contributed by atoms with E-state index >= 15 is 0 Å². The van der Waals surface area contributed by atoms with E-state index in [1.807, 2.05) is 0 Å². The monoisotopic (exact) mass is 699 g/mol. The summed E-state index contributed by atoms with van der Waals surface area (Å²) in [5, 5.41) is 7.37. The van der Waals surface area contributed by atoms with Gasteiger partial charge in [0.25, 0.3) is 0 Å². The second-order valence-electron chi connectivity index (χ2n) is 14.1. The fraction of sp³-hybridized carbons (Fsp3) is 0. The van der Waals surface area contributed by atoms with E-state index in [0.29, 0.717) is 0 Å². The molecule has 10 rings (SSSR count). The molecule has 0 fully saturated rings. The van der Waals surface area contributed by atoms with Gasteiger partial charge >= 0.3 is 0 Å². The van der Waals surface area contributed by atoms with Crippen LogP contribution in [0.5, 0.6) is 0 Å². The van der Waals surface area contributed by atoms with E-state index < -0.39 is 0 Å². The van der Waals surface area contributed by atoms with Crippen LogP contribution in [0.25, 0.3) is 76.8 Å². The minimum Gasteiger partial charge on any atom is -0.310 e. The number of rotatable bonds is 7. The molecular formula is C54H37N. The van der Waals surface area contributed by atoms with Gasteiger partial charge in [-0.3, -0.25) is 0 Å². The molecule has 0 aromatic heterocycles. The van der Waals surface area contributed by atoms with Gasteiger partial charge in [-0.2, -0.15) is 0 Å². The van der Waals surface area contributed by atoms with Crippen molar-refractivity contribution in [3.05, 3.63) is 224 Å². The Labute approximate surface area is 322 Å². The van der Waals surface area contributed by atoms with Gasteiger partial charge in [-0.25, -0.2) is 0 Å². The van der Waals surface area contributed by atoms with Gasteiger partial charge in [0.05, 0.1) is 5.69 Å². The van der Waals surface area contributed by atoms with Gasteiger partial charge in [-0.05, 0) is 102 Å². The number of nitrogens with zero attached hydrogens (tertiary/aromatic N) is 1. The Morgan fingerprint density at radius 1 is 0.236 bits per heavy atom. The van der Waals surface area contributed by atoms with Crippen molar-refractivity contribution in [2.24, 2.45) is 0 Å². The van der Waals surface area contributed by atoms with Crippen LogP contribution in [0.15, 0.2) is 224 Å². The van der Waals surface area contributed by atoms with Crippen molar-refractivity contribution < 1.29 is 0 Å². The van der Waals surface area contributed by atoms with Gasteiger partial charge in [-0.1, -0.05) is 194 Å². The summed E-state index contributed by atoms with van der Waals surface area (Å²) in [4.78, 5) is 2.45. The second kappa shape index (κ2) is 14.0. The molecule has 0 N–H and O–H groups in total. The molecule has 258 valence electrons. The first kappa shape index (κ1) is 32.4. The highest BCUT2D eigenvalue weighted by atomic mass is 15.1. The van der Waals surface area contributed by atoms with E-state index in [-0.39, 0.29) is 0 Å². The van der Waals surface area contributed by atoms with E-state index in [1.165, 1.54) is 76.8 Å². The molecule has 10 aromatic carbocycles. The van der Waals surface area contributed by atoms with Crippen molar-refractivity contribution in [1.82, 2.24) is 0 Å². The van der Waals surface area contributed by atoms with Gasteiger partial charge in [0.1, 0.15) is 0 Å². The normalized spacial score (nSPS) is 11.3. The number of benzene rings is 10. The average Bonchev–Trinajstić information content (AvgIpc) is 3.27. The van der Waals surface area contributed by atoms with Crippen LogP contribution in [0.4, 0.5) is 17.1 Å². The molecule has 1 nitrogen and oxygen atoms in total. The lowest BCUT2D eigenvalue weighted by Gasteiger charge is -2.29. The maximum atomic E-state index is 2.45. The summed E-state index contributed by atoms with van der Waals surface area (Å²) >= 11 is 0. The topological polar surface area (TPSA) is 3.24 Å². The summed E-state index contributed by atoms with van der Waals surface area (Å²) in [6.45, 7) is 0. The lowest BCUT2D eigenvalue weighted by molar-refractivity contribution is 1.30. The zero-order valence-electron chi connectivity index (χ0n) is 30.3. The zero-order valence-corrected chi connectivity index (χ0v) is 30.3. The Hall–Kier alpha value is -7.22. The first-order valence-electron chi connectivity index (χ1n) is 18.9. The molecule has 0 aliphatic heterocycles. The Balaban J connectivity index is 1.24. The van der Waals surface area contributed by atoms with Crippen LogP contribution in [0, 0.1) is 0 Å². The lowest BCUT2D eigenvalue weighted by Crippen LogP contribution is -2.11. The molecule has 0 saturated heterocycles. The van der Waals surface area contributed by atoms with E-state index in [1.54, 1.807) is 0 Å². The van der Waals surface area contributed by atoms with E-state index in [0.717, 1.165) is 17.1 Å². The molecule has 0 aliphatic rings. The van der Waals surface area contributed by atoms with Crippen molar-refractivity contribution in [1.29, 1.82) is 0 Å². The van der Waals surface area contributed by atoms with Crippen LogP contribution >= 0.6 is 0 Å². The first-order valence-corrected chi connectivity index (χ1v) is 18.9. The summed E-state index contributed by atoms with van der Waals surface area (Å²) in [6.07, 6.45) is 0. The van der Waals surface area contributed by atoms with Crippen molar-refractivity contribution in [2.45, 2.75) is 0 Å². The summed E-state index contributed by atoms with van der Waals surface area (Å²) in [5.41, 5.74) is 12.9. The SMILES string of the molecule is c1ccc(-c2cc(N(c3ccc(-c4cccc5ccccc45)c(-c4ccccc4)c3)c3cccc4ccccc34)ccc2-c2cccc3ccccc23)cc1. The van der Waals surface area contributed by atoms with Gasteiger partial charge in [-0.15, -0.1) is 0 Å². The third kappa shape index (κ3) is 5.93. The average molecular weight is 700 g/mol. The summed E-state index contributed by atoms with van der Waals surface area (Å²) in [6, 6.07) is 81.6. The Kier molecular flexibility index (Phi) is 8.24. The molecule has 0 aliphatic carbocycles. The highest BCUT2D eigenvalue weighted by Gasteiger charge is 2.21. The maximum absolute atomic E-state index is 2.45. The number of hydrogen-bond donors (Lipinski definition) is 0. The van der Waals surface area contributed by atoms with E-state index in [2.05, 4.69) is 229 Å². The zero-order chi connectivity index (χ0) is 36.6. The largest absolute Gasteiger partial charge is 0.310 e. The van der Waals surface area contributed by atoms with Crippen LogP contribution < -0.4 is 4.90 Å². The van der Waals surface area contributed by atoms with E-state index in [4.69, 9.17) is 0 Å². The molecule has 0 unspecified atom stereocenters. The van der Waals surface area contributed by atoms with Crippen LogP contribution in [0.1, 0.15) is 0 Å². The fourth-order valence-corrected chi connectivity index (χ4v) is 8.28. The molecule has 0 spiro atoms. The first-order chi connectivity index (χ1) is 27.3. The summed E-state index contributed by atoms with van der Waals surface area (Å²) < 4.78 is 0. The molecule has 0 amide bonds. The Bertz CT molecular complexity index is 2800. The third-order valence-corrected chi connectivity index (χ3v) is 10.9. The maximum Gasteiger partial charge on any atom is 0.0540 e. The highest BCUT2D eigenvalue weighted by Crippen LogP contribution is 2.46. The summed E-state index contributed by atoms with van der Waals surface area (Å²) in [7, 11) is 0. The molecule has 1 heteroatoms. The number of fused-ring (bicyclic) bond motifs is 3.